The first-order chi connectivity index (χ1) is 14.5. The number of aryl methyl sites for hydroxylation is 4. The van der Waals surface area contributed by atoms with Crippen LogP contribution in [0, 0.1) is 13.8 Å². The molecule has 152 valence electrons. The molecule has 0 saturated carbocycles. The van der Waals surface area contributed by atoms with Crippen molar-refractivity contribution in [3.8, 4) is 11.5 Å². The summed E-state index contributed by atoms with van der Waals surface area (Å²) in [7, 11) is 0. The highest BCUT2D eigenvalue weighted by Gasteiger charge is 2.15. The molecule has 0 atom stereocenters. The smallest absolute Gasteiger partial charge is 0.392 e. The number of rotatable bonds is 4. The van der Waals surface area contributed by atoms with Crippen LogP contribution in [-0.2, 0) is 12.8 Å². The third-order valence-corrected chi connectivity index (χ3v) is 5.36. The van der Waals surface area contributed by atoms with Crippen LogP contribution in [0.2, 0.25) is 0 Å². The average molecular weight is 400 g/mol. The normalized spacial score (nSPS) is 11.1. The maximum Gasteiger partial charge on any atom is 0.519 e. The summed E-state index contributed by atoms with van der Waals surface area (Å²) < 4.78 is 11.1. The number of pyridine rings is 2. The minimum atomic E-state index is -0.812. The monoisotopic (exact) mass is 400 g/mol. The summed E-state index contributed by atoms with van der Waals surface area (Å²) in [5.41, 5.74) is 5.48. The number of carbonyl (C=O) groups is 1. The Balaban J connectivity index is 1.64. The summed E-state index contributed by atoms with van der Waals surface area (Å²) in [4.78, 5) is 21.9. The van der Waals surface area contributed by atoms with E-state index in [1.165, 1.54) is 11.1 Å². The van der Waals surface area contributed by atoms with E-state index >= 15 is 0 Å². The highest BCUT2D eigenvalue weighted by molar-refractivity contribution is 5.89. The minimum Gasteiger partial charge on any atom is -0.392 e. The molecule has 0 amide bonds. The number of aromatic nitrogens is 2. The molecular formula is C25H24N2O3. The van der Waals surface area contributed by atoms with Crippen molar-refractivity contribution in [2.45, 2.75) is 40.5 Å². The minimum absolute atomic E-state index is 0.376. The van der Waals surface area contributed by atoms with Crippen LogP contribution in [0.25, 0.3) is 21.8 Å². The molecule has 0 aliphatic heterocycles. The fourth-order valence-corrected chi connectivity index (χ4v) is 3.70. The van der Waals surface area contributed by atoms with Gasteiger partial charge < -0.3 is 9.47 Å². The maximum absolute atomic E-state index is 12.6. The number of hydrogen-bond donors (Lipinski definition) is 0. The van der Waals surface area contributed by atoms with Crippen LogP contribution in [-0.4, -0.2) is 16.1 Å². The number of nitrogens with zero attached hydrogens (tertiary/aromatic N) is 2. The predicted molar refractivity (Wildman–Crippen MR) is 118 cm³/mol. The van der Waals surface area contributed by atoms with Crippen LogP contribution in [0.5, 0.6) is 11.5 Å². The summed E-state index contributed by atoms with van der Waals surface area (Å²) in [6.45, 7) is 8.11. The van der Waals surface area contributed by atoms with Crippen molar-refractivity contribution in [3.05, 3.63) is 71.0 Å². The van der Waals surface area contributed by atoms with E-state index in [-0.39, 0.29) is 0 Å². The molecule has 4 rings (SSSR count). The first-order valence-electron chi connectivity index (χ1n) is 10.2. The van der Waals surface area contributed by atoms with Crippen molar-refractivity contribution in [2.75, 3.05) is 0 Å². The zero-order valence-corrected chi connectivity index (χ0v) is 17.7. The Morgan fingerprint density at radius 2 is 1.20 bits per heavy atom. The van der Waals surface area contributed by atoms with E-state index in [4.69, 9.17) is 9.47 Å². The van der Waals surface area contributed by atoms with Crippen molar-refractivity contribution in [3.63, 3.8) is 0 Å². The summed E-state index contributed by atoms with van der Waals surface area (Å²) in [6, 6.07) is 15.2. The summed E-state index contributed by atoms with van der Waals surface area (Å²) in [6.07, 6.45) is 0.984. The quantitative estimate of drug-likeness (QED) is 0.306. The molecular weight excluding hydrogens is 376 g/mol. The molecule has 5 nitrogen and oxygen atoms in total. The van der Waals surface area contributed by atoms with Crippen LogP contribution in [0.3, 0.4) is 0 Å². The second kappa shape index (κ2) is 8.11. The lowest BCUT2D eigenvalue weighted by Gasteiger charge is -2.12. The molecule has 0 spiro atoms. The van der Waals surface area contributed by atoms with Gasteiger partial charge in [-0.3, -0.25) is 0 Å². The van der Waals surface area contributed by atoms with Gasteiger partial charge in [0, 0.05) is 22.2 Å². The fraction of sp³-hybridized carbons (Fsp3) is 0.240. The Morgan fingerprint density at radius 1 is 0.767 bits per heavy atom. The van der Waals surface area contributed by atoms with Gasteiger partial charge in [-0.1, -0.05) is 38.1 Å². The van der Waals surface area contributed by atoms with Crippen molar-refractivity contribution >= 4 is 28.0 Å². The van der Waals surface area contributed by atoms with Gasteiger partial charge in [0.2, 0.25) is 0 Å². The number of carbonyl (C=O) groups excluding carboxylic acids is 1. The Kier molecular flexibility index (Phi) is 5.36. The summed E-state index contributed by atoms with van der Waals surface area (Å²) in [5.74, 6) is 0.752. The van der Waals surface area contributed by atoms with E-state index in [9.17, 15) is 4.79 Å². The number of ether oxygens (including phenoxy) is 2. The number of hydrogen-bond acceptors (Lipinski definition) is 5. The fourth-order valence-electron chi connectivity index (χ4n) is 3.70. The SMILES string of the molecule is CCc1cc2cccc(OC(=O)Oc3cccc4cc(CC)c(C)nc34)c2nc1C. The van der Waals surface area contributed by atoms with Crippen molar-refractivity contribution < 1.29 is 14.3 Å². The molecule has 0 N–H and O–H groups in total. The van der Waals surface area contributed by atoms with Gasteiger partial charge in [0.25, 0.3) is 0 Å². The van der Waals surface area contributed by atoms with Crippen LogP contribution in [0.1, 0.15) is 36.4 Å². The number of fused-ring (bicyclic) bond motifs is 2. The summed E-state index contributed by atoms with van der Waals surface area (Å²) >= 11 is 0. The topological polar surface area (TPSA) is 61.3 Å². The molecule has 2 aromatic heterocycles. The lowest BCUT2D eigenvalue weighted by molar-refractivity contribution is 0.153. The molecule has 2 heterocycles. The van der Waals surface area contributed by atoms with E-state index in [0.717, 1.165) is 35.0 Å². The number of para-hydroxylation sites is 2. The van der Waals surface area contributed by atoms with Crippen molar-refractivity contribution in [2.24, 2.45) is 0 Å². The standard InChI is InChI=1S/C25H24N2O3/c1-5-17-13-19-9-7-11-21(23(19)26-15(17)3)29-25(28)30-22-12-8-10-20-14-18(6-2)16(4)27-24(20)22/h7-14H,5-6H2,1-4H3. The van der Waals surface area contributed by atoms with Crippen LogP contribution >= 0.6 is 0 Å². The molecule has 0 saturated heterocycles. The Bertz CT molecular complexity index is 1170. The van der Waals surface area contributed by atoms with Gasteiger partial charge in [0.1, 0.15) is 11.0 Å². The van der Waals surface area contributed by atoms with Crippen LogP contribution in [0.15, 0.2) is 48.5 Å². The first-order valence-corrected chi connectivity index (χ1v) is 10.2. The van der Waals surface area contributed by atoms with Gasteiger partial charge >= 0.3 is 6.16 Å². The van der Waals surface area contributed by atoms with Crippen LogP contribution in [0.4, 0.5) is 4.79 Å². The van der Waals surface area contributed by atoms with Gasteiger partial charge in [-0.05, 0) is 62.1 Å². The van der Waals surface area contributed by atoms with E-state index in [1.54, 1.807) is 12.1 Å². The van der Waals surface area contributed by atoms with Crippen molar-refractivity contribution in [1.82, 2.24) is 9.97 Å². The molecule has 0 aliphatic rings. The van der Waals surface area contributed by atoms with Gasteiger partial charge in [-0.2, -0.15) is 0 Å². The zero-order valence-electron chi connectivity index (χ0n) is 17.7. The molecule has 5 heteroatoms. The molecule has 0 radical (unpaired) electrons. The largest absolute Gasteiger partial charge is 0.519 e. The molecule has 4 aromatic rings. The second-order valence-corrected chi connectivity index (χ2v) is 7.28. The highest BCUT2D eigenvalue weighted by atomic mass is 16.7. The Labute approximate surface area is 175 Å². The molecule has 2 aromatic carbocycles. The molecule has 0 aliphatic carbocycles. The van der Waals surface area contributed by atoms with Gasteiger partial charge in [0.05, 0.1) is 0 Å². The lowest BCUT2D eigenvalue weighted by Crippen LogP contribution is -2.14. The zero-order chi connectivity index (χ0) is 21.3. The maximum atomic E-state index is 12.6. The van der Waals surface area contributed by atoms with E-state index in [2.05, 4.69) is 35.9 Å². The third kappa shape index (κ3) is 3.71. The van der Waals surface area contributed by atoms with E-state index in [0.29, 0.717) is 22.5 Å². The lowest BCUT2D eigenvalue weighted by atomic mass is 10.1. The second-order valence-electron chi connectivity index (χ2n) is 7.28. The first kappa shape index (κ1) is 19.8. The van der Waals surface area contributed by atoms with E-state index < -0.39 is 6.16 Å². The molecule has 30 heavy (non-hydrogen) atoms. The van der Waals surface area contributed by atoms with Gasteiger partial charge in [0.15, 0.2) is 11.5 Å². The van der Waals surface area contributed by atoms with Crippen LogP contribution < -0.4 is 9.47 Å². The predicted octanol–water partition coefficient (Wildman–Crippen LogP) is 6.10. The molecule has 0 bridgehead atoms. The Morgan fingerprint density at radius 3 is 1.60 bits per heavy atom. The van der Waals surface area contributed by atoms with Gasteiger partial charge in [-0.15, -0.1) is 0 Å². The van der Waals surface area contributed by atoms with Crippen molar-refractivity contribution in [1.29, 1.82) is 0 Å². The Hall–Kier alpha value is -3.47. The highest BCUT2D eigenvalue weighted by Crippen LogP contribution is 2.29. The molecule has 0 unspecified atom stereocenters. The number of benzene rings is 2. The van der Waals surface area contributed by atoms with Gasteiger partial charge in [-0.25, -0.2) is 14.8 Å². The summed E-state index contributed by atoms with van der Waals surface area (Å²) in [5, 5.41) is 1.86. The van der Waals surface area contributed by atoms with E-state index in [1.807, 2.05) is 38.1 Å². The molecule has 0 fully saturated rings. The average Bonchev–Trinajstić information content (AvgIpc) is 2.74. The third-order valence-electron chi connectivity index (χ3n) is 5.36.